The average molecular weight is 273 g/mol. The molecule has 100 valence electrons. The molecular formula is C9H15N5O3S. The van der Waals surface area contributed by atoms with E-state index < -0.39 is 10.0 Å². The van der Waals surface area contributed by atoms with Gasteiger partial charge in [-0.05, 0) is 0 Å². The average Bonchev–Trinajstić information content (AvgIpc) is 2.75. The van der Waals surface area contributed by atoms with Crippen LogP contribution in [0, 0.1) is 0 Å². The Bertz CT molecular complexity index is 532. The van der Waals surface area contributed by atoms with E-state index in [9.17, 15) is 13.2 Å². The number of sulfonamides is 1. The molecule has 1 aliphatic heterocycles. The molecule has 0 aliphatic carbocycles. The summed E-state index contributed by atoms with van der Waals surface area (Å²) in [6.45, 7) is 2.74. The number of carbonyl (C=O) groups excluding carboxylic acids is 1. The Balaban J connectivity index is 2.07. The molecule has 2 heterocycles. The minimum atomic E-state index is -3.38. The fourth-order valence-electron chi connectivity index (χ4n) is 1.68. The molecule has 1 aliphatic rings. The summed E-state index contributed by atoms with van der Waals surface area (Å²) in [7, 11) is -3.38. The highest BCUT2D eigenvalue weighted by atomic mass is 32.2. The quantitative estimate of drug-likeness (QED) is 0.730. The first-order chi connectivity index (χ1) is 8.46. The first-order valence-electron chi connectivity index (χ1n) is 5.49. The van der Waals surface area contributed by atoms with E-state index in [1.165, 1.54) is 12.3 Å². The van der Waals surface area contributed by atoms with Crippen LogP contribution in [-0.2, 0) is 10.0 Å². The summed E-state index contributed by atoms with van der Waals surface area (Å²) in [4.78, 5) is 13.7. The Kier molecular flexibility index (Phi) is 3.53. The minimum absolute atomic E-state index is 0.140. The van der Waals surface area contributed by atoms with Gasteiger partial charge in [-0.3, -0.25) is 4.72 Å². The molecule has 0 saturated carbocycles. The molecule has 0 radical (unpaired) electrons. The fourth-order valence-corrected chi connectivity index (χ4v) is 2.16. The molecule has 1 aromatic heterocycles. The van der Waals surface area contributed by atoms with Gasteiger partial charge < -0.3 is 10.2 Å². The predicted molar refractivity (Wildman–Crippen MR) is 65.9 cm³/mol. The maximum Gasteiger partial charge on any atom is 0.344 e. The second-order valence-corrected chi connectivity index (χ2v) is 5.79. The second-order valence-electron chi connectivity index (χ2n) is 4.04. The molecule has 1 saturated heterocycles. The molecule has 1 aromatic rings. The van der Waals surface area contributed by atoms with Crippen molar-refractivity contribution >= 4 is 21.9 Å². The van der Waals surface area contributed by atoms with E-state index in [-0.39, 0.29) is 11.8 Å². The Morgan fingerprint density at radius 2 is 2.11 bits per heavy atom. The van der Waals surface area contributed by atoms with Crippen LogP contribution in [0.1, 0.15) is 0 Å². The van der Waals surface area contributed by atoms with Crippen LogP contribution in [0.2, 0.25) is 0 Å². The van der Waals surface area contributed by atoms with Gasteiger partial charge >= 0.3 is 6.03 Å². The van der Waals surface area contributed by atoms with Gasteiger partial charge in [0.2, 0.25) is 10.0 Å². The number of carbonyl (C=O) groups is 1. The van der Waals surface area contributed by atoms with Crippen molar-refractivity contribution in [1.82, 2.24) is 20.0 Å². The summed E-state index contributed by atoms with van der Waals surface area (Å²) in [5, 5.41) is 7.03. The van der Waals surface area contributed by atoms with Gasteiger partial charge in [0.25, 0.3) is 0 Å². The van der Waals surface area contributed by atoms with Gasteiger partial charge in [0.05, 0.1) is 6.26 Å². The van der Waals surface area contributed by atoms with Crippen molar-refractivity contribution in [2.75, 3.05) is 37.2 Å². The van der Waals surface area contributed by atoms with Gasteiger partial charge in [-0.15, -0.1) is 5.10 Å². The highest BCUT2D eigenvalue weighted by Crippen LogP contribution is 2.06. The van der Waals surface area contributed by atoms with Crippen LogP contribution in [0.3, 0.4) is 0 Å². The van der Waals surface area contributed by atoms with Crippen molar-refractivity contribution < 1.29 is 13.2 Å². The number of anilines is 1. The lowest BCUT2D eigenvalue weighted by Gasteiger charge is -2.26. The Labute approximate surface area is 105 Å². The number of hydrogen-bond acceptors (Lipinski definition) is 5. The monoisotopic (exact) mass is 273 g/mol. The summed E-state index contributed by atoms with van der Waals surface area (Å²) < 4.78 is 25.4. The van der Waals surface area contributed by atoms with Crippen molar-refractivity contribution in [1.29, 1.82) is 0 Å². The van der Waals surface area contributed by atoms with E-state index in [2.05, 4.69) is 15.1 Å². The number of piperazine rings is 1. The molecule has 18 heavy (non-hydrogen) atoms. The molecular weight excluding hydrogens is 258 g/mol. The molecule has 0 aromatic carbocycles. The number of aromatic nitrogens is 2. The molecule has 0 spiro atoms. The van der Waals surface area contributed by atoms with Crippen LogP contribution in [0.4, 0.5) is 10.6 Å². The number of nitrogens with zero attached hydrogens (tertiary/aromatic N) is 3. The number of hydrogen-bond donors (Lipinski definition) is 2. The molecule has 0 atom stereocenters. The zero-order valence-electron chi connectivity index (χ0n) is 9.96. The van der Waals surface area contributed by atoms with E-state index in [0.717, 1.165) is 24.0 Å². The summed E-state index contributed by atoms with van der Waals surface area (Å²) in [6.07, 6.45) is 2.47. The maximum absolute atomic E-state index is 12.0. The highest BCUT2D eigenvalue weighted by Gasteiger charge is 2.18. The minimum Gasteiger partial charge on any atom is -0.320 e. The maximum atomic E-state index is 12.0. The largest absolute Gasteiger partial charge is 0.344 e. The summed E-state index contributed by atoms with van der Waals surface area (Å²) >= 11 is 0. The Hall–Kier alpha value is -1.61. The topological polar surface area (TPSA) is 96.3 Å². The van der Waals surface area contributed by atoms with E-state index in [4.69, 9.17) is 0 Å². The van der Waals surface area contributed by atoms with Crippen LogP contribution in [-0.4, -0.2) is 61.6 Å². The van der Waals surface area contributed by atoms with Crippen LogP contribution in [0.5, 0.6) is 0 Å². The summed E-state index contributed by atoms with van der Waals surface area (Å²) in [6, 6.07) is 1.19. The lowest BCUT2D eigenvalue weighted by atomic mass is 10.4. The molecule has 1 amide bonds. The first-order valence-corrected chi connectivity index (χ1v) is 7.38. The van der Waals surface area contributed by atoms with E-state index >= 15 is 0 Å². The normalized spacial score (nSPS) is 16.6. The van der Waals surface area contributed by atoms with Gasteiger partial charge in [-0.2, -0.15) is 4.68 Å². The van der Waals surface area contributed by atoms with Crippen molar-refractivity contribution in [2.24, 2.45) is 0 Å². The van der Waals surface area contributed by atoms with Crippen molar-refractivity contribution in [2.45, 2.75) is 0 Å². The smallest absolute Gasteiger partial charge is 0.320 e. The van der Waals surface area contributed by atoms with Gasteiger partial charge in [-0.1, -0.05) is 0 Å². The molecule has 0 bridgehead atoms. The van der Waals surface area contributed by atoms with Crippen LogP contribution >= 0.6 is 0 Å². The van der Waals surface area contributed by atoms with Crippen LogP contribution in [0.15, 0.2) is 12.3 Å². The van der Waals surface area contributed by atoms with Crippen LogP contribution < -0.4 is 10.0 Å². The molecule has 2 N–H and O–H groups in total. The summed E-state index contributed by atoms with van der Waals surface area (Å²) in [5.41, 5.74) is 0. The molecule has 9 heteroatoms. The third kappa shape index (κ3) is 3.20. The third-order valence-electron chi connectivity index (χ3n) is 2.46. The second kappa shape index (κ2) is 4.94. The SMILES string of the molecule is CS(=O)(=O)Nc1ccn(C(=O)N2CCNCC2)n1. The van der Waals surface area contributed by atoms with Crippen LogP contribution in [0.25, 0.3) is 0 Å². The van der Waals surface area contributed by atoms with Gasteiger partial charge in [0.15, 0.2) is 5.82 Å². The number of nitrogens with one attached hydrogen (secondary N) is 2. The number of amides is 1. The Morgan fingerprint density at radius 3 is 2.72 bits per heavy atom. The predicted octanol–water partition coefficient (Wildman–Crippen LogP) is -0.872. The highest BCUT2D eigenvalue weighted by molar-refractivity contribution is 7.92. The zero-order chi connectivity index (χ0) is 13.2. The third-order valence-corrected chi connectivity index (χ3v) is 3.04. The van der Waals surface area contributed by atoms with Gasteiger partial charge in [0, 0.05) is 38.4 Å². The van der Waals surface area contributed by atoms with Crippen molar-refractivity contribution in [3.63, 3.8) is 0 Å². The van der Waals surface area contributed by atoms with Crippen molar-refractivity contribution in [3.05, 3.63) is 12.3 Å². The fraction of sp³-hybridized carbons (Fsp3) is 0.556. The molecule has 0 unspecified atom stereocenters. The lowest BCUT2D eigenvalue weighted by molar-refractivity contribution is 0.188. The first kappa shape index (κ1) is 12.8. The number of rotatable bonds is 2. The lowest BCUT2D eigenvalue weighted by Crippen LogP contribution is -2.48. The summed E-state index contributed by atoms with van der Waals surface area (Å²) in [5.74, 6) is 0.140. The Morgan fingerprint density at radius 1 is 1.44 bits per heavy atom. The zero-order valence-corrected chi connectivity index (χ0v) is 10.8. The molecule has 2 rings (SSSR count). The van der Waals surface area contributed by atoms with E-state index in [0.29, 0.717) is 13.1 Å². The molecule has 8 nitrogen and oxygen atoms in total. The molecule has 1 fully saturated rings. The van der Waals surface area contributed by atoms with E-state index in [1.54, 1.807) is 4.90 Å². The van der Waals surface area contributed by atoms with Gasteiger partial charge in [0.1, 0.15) is 0 Å². The standard InChI is InChI=1S/C9H15N5O3S/c1-18(16,17)12-8-2-5-14(11-8)9(15)13-6-3-10-4-7-13/h2,5,10H,3-4,6-7H2,1H3,(H,11,12). The van der Waals surface area contributed by atoms with E-state index in [1.807, 2.05) is 0 Å². The van der Waals surface area contributed by atoms with Gasteiger partial charge in [-0.25, -0.2) is 13.2 Å². The van der Waals surface area contributed by atoms with Crippen molar-refractivity contribution in [3.8, 4) is 0 Å².